The second-order valence-corrected chi connectivity index (χ2v) is 6.93. The molecule has 1 aromatic carbocycles. The van der Waals surface area contributed by atoms with Crippen molar-refractivity contribution in [3.8, 4) is 11.5 Å². The Morgan fingerprint density at radius 2 is 2.03 bits per heavy atom. The van der Waals surface area contributed by atoms with Crippen LogP contribution in [0.5, 0.6) is 11.5 Å². The molecule has 1 heterocycles. The topological polar surface area (TPSA) is 84.4 Å². The number of methoxy groups -OCH3 is 1. The number of nitrogens with zero attached hydrogens (tertiary/aromatic N) is 2. The van der Waals surface area contributed by atoms with Crippen molar-refractivity contribution in [3.63, 3.8) is 0 Å². The van der Waals surface area contributed by atoms with Gasteiger partial charge in [-0.25, -0.2) is 4.99 Å². The number of benzene rings is 1. The van der Waals surface area contributed by atoms with Gasteiger partial charge in [0.15, 0.2) is 17.5 Å². The van der Waals surface area contributed by atoms with E-state index < -0.39 is 0 Å². The van der Waals surface area contributed by atoms with Gasteiger partial charge in [-0.15, -0.1) is 24.0 Å². The molecule has 2 N–H and O–H groups in total. The van der Waals surface area contributed by atoms with Crippen molar-refractivity contribution in [1.82, 2.24) is 15.5 Å². The molecule has 1 aliphatic rings. The number of carbonyl (C=O) groups excluding carboxylic acids is 1. The summed E-state index contributed by atoms with van der Waals surface area (Å²) in [7, 11) is 5.05. The molecule has 0 aromatic heterocycles. The number of halogens is 1. The number of nitrogens with one attached hydrogen (secondary N) is 2. The van der Waals surface area contributed by atoms with E-state index in [0.29, 0.717) is 30.5 Å². The Hall–Kier alpha value is -1.75. The van der Waals surface area contributed by atoms with E-state index in [4.69, 9.17) is 14.2 Å². The molecular formula is C20H33IN4O4. The molecule has 1 saturated heterocycles. The van der Waals surface area contributed by atoms with Crippen LogP contribution in [-0.2, 0) is 9.53 Å². The van der Waals surface area contributed by atoms with Gasteiger partial charge in [0.1, 0.15) is 12.6 Å². The highest BCUT2D eigenvalue weighted by Gasteiger charge is 2.16. The van der Waals surface area contributed by atoms with E-state index in [2.05, 4.69) is 15.6 Å². The lowest BCUT2D eigenvalue weighted by molar-refractivity contribution is -0.127. The first-order valence-corrected chi connectivity index (χ1v) is 9.63. The van der Waals surface area contributed by atoms with E-state index in [-0.39, 0.29) is 48.6 Å². The number of likely N-dealkylation sites (N-methyl/N-ethyl adjacent to an activating group) is 1. The van der Waals surface area contributed by atoms with Crippen LogP contribution in [0.4, 0.5) is 0 Å². The number of para-hydroxylation sites is 2. The monoisotopic (exact) mass is 520 g/mol. The maximum atomic E-state index is 11.9. The van der Waals surface area contributed by atoms with Crippen LogP contribution >= 0.6 is 24.0 Å². The summed E-state index contributed by atoms with van der Waals surface area (Å²) in [6, 6.07) is 7.53. The van der Waals surface area contributed by atoms with Crippen molar-refractivity contribution in [1.29, 1.82) is 0 Å². The van der Waals surface area contributed by atoms with Gasteiger partial charge in [-0.05, 0) is 31.9 Å². The van der Waals surface area contributed by atoms with Gasteiger partial charge in [-0.1, -0.05) is 12.1 Å². The predicted molar refractivity (Wildman–Crippen MR) is 124 cm³/mol. The number of rotatable bonds is 9. The van der Waals surface area contributed by atoms with E-state index in [9.17, 15) is 4.79 Å². The van der Waals surface area contributed by atoms with Gasteiger partial charge in [0.2, 0.25) is 5.91 Å². The lowest BCUT2D eigenvalue weighted by Gasteiger charge is -2.20. The minimum atomic E-state index is -0.129. The van der Waals surface area contributed by atoms with Gasteiger partial charge in [0.25, 0.3) is 0 Å². The number of hydrogen-bond acceptors (Lipinski definition) is 5. The predicted octanol–water partition coefficient (Wildman–Crippen LogP) is 1.88. The second kappa shape index (κ2) is 13.5. The lowest BCUT2D eigenvalue weighted by atomic mass is 10.2. The summed E-state index contributed by atoms with van der Waals surface area (Å²) in [5.74, 6) is 1.89. The molecule has 1 aromatic rings. The molecule has 0 aliphatic carbocycles. The van der Waals surface area contributed by atoms with Crippen LogP contribution in [0.1, 0.15) is 19.8 Å². The number of guanidine groups is 1. The third-order valence-electron chi connectivity index (χ3n) is 4.35. The van der Waals surface area contributed by atoms with Crippen molar-refractivity contribution < 1.29 is 19.0 Å². The Kier molecular flexibility index (Phi) is 11.7. The largest absolute Gasteiger partial charge is 0.493 e. The molecule has 2 atom stereocenters. The Morgan fingerprint density at radius 1 is 1.31 bits per heavy atom. The van der Waals surface area contributed by atoms with Gasteiger partial charge in [-0.3, -0.25) is 4.79 Å². The first-order chi connectivity index (χ1) is 13.5. The molecule has 2 rings (SSSR count). The molecule has 1 amide bonds. The van der Waals surface area contributed by atoms with E-state index in [0.717, 1.165) is 19.4 Å². The molecule has 0 spiro atoms. The summed E-state index contributed by atoms with van der Waals surface area (Å²) in [5.41, 5.74) is 0. The van der Waals surface area contributed by atoms with Crippen molar-refractivity contribution in [2.75, 3.05) is 47.4 Å². The smallest absolute Gasteiger partial charge is 0.243 e. The third kappa shape index (κ3) is 9.07. The van der Waals surface area contributed by atoms with Crippen molar-refractivity contribution in [3.05, 3.63) is 24.3 Å². The molecule has 1 aliphatic heterocycles. The van der Waals surface area contributed by atoms with E-state index in [1.54, 1.807) is 21.2 Å². The quantitative estimate of drug-likeness (QED) is 0.294. The Bertz CT molecular complexity index is 651. The van der Waals surface area contributed by atoms with Gasteiger partial charge >= 0.3 is 0 Å². The normalized spacial score (nSPS) is 17.1. The standard InChI is InChI=1S/C20H32N4O4.HI/c1-15(28-18-10-6-5-9-17(18)26-4)12-21-20(23-14-19(25)24(2)3)22-13-16-8-7-11-27-16;/h5-6,9-10,15-16H,7-8,11-14H2,1-4H3,(H2,21,22,23);1H. The number of ether oxygens (including phenoxy) is 3. The van der Waals surface area contributed by atoms with E-state index >= 15 is 0 Å². The summed E-state index contributed by atoms with van der Waals surface area (Å²) in [5, 5.41) is 6.50. The van der Waals surface area contributed by atoms with E-state index in [1.165, 1.54) is 4.90 Å². The van der Waals surface area contributed by atoms with Crippen LogP contribution in [0.25, 0.3) is 0 Å². The fraction of sp³-hybridized carbons (Fsp3) is 0.600. The summed E-state index contributed by atoms with van der Waals surface area (Å²) in [6.45, 7) is 4.02. The highest BCUT2D eigenvalue weighted by atomic mass is 127. The van der Waals surface area contributed by atoms with Crippen LogP contribution in [0.3, 0.4) is 0 Å². The first-order valence-electron chi connectivity index (χ1n) is 9.63. The molecule has 2 unspecified atom stereocenters. The zero-order chi connectivity index (χ0) is 20.4. The SMILES string of the molecule is COc1ccccc1OC(C)CNC(=NCC(=O)N(C)C)NCC1CCCO1.I. The van der Waals surface area contributed by atoms with Crippen LogP contribution in [0, 0.1) is 0 Å². The van der Waals surface area contributed by atoms with Crippen LogP contribution < -0.4 is 20.1 Å². The number of carbonyl (C=O) groups is 1. The van der Waals surface area contributed by atoms with Gasteiger partial charge in [-0.2, -0.15) is 0 Å². The molecule has 0 bridgehead atoms. The molecule has 9 heteroatoms. The Labute approximate surface area is 190 Å². The van der Waals surface area contributed by atoms with Gasteiger partial charge < -0.3 is 29.7 Å². The second-order valence-electron chi connectivity index (χ2n) is 6.93. The maximum Gasteiger partial charge on any atom is 0.243 e. The van der Waals surface area contributed by atoms with Crippen LogP contribution in [0.15, 0.2) is 29.3 Å². The van der Waals surface area contributed by atoms with Gasteiger partial charge in [0, 0.05) is 27.2 Å². The number of hydrogen-bond donors (Lipinski definition) is 2. The zero-order valence-electron chi connectivity index (χ0n) is 17.6. The number of aliphatic imine (C=N–C) groups is 1. The fourth-order valence-corrected chi connectivity index (χ4v) is 2.69. The molecule has 0 saturated carbocycles. The average molecular weight is 520 g/mol. The minimum Gasteiger partial charge on any atom is -0.493 e. The third-order valence-corrected chi connectivity index (χ3v) is 4.35. The van der Waals surface area contributed by atoms with Crippen LogP contribution in [0.2, 0.25) is 0 Å². The summed E-state index contributed by atoms with van der Waals surface area (Å²) >= 11 is 0. The minimum absolute atomic E-state index is 0. The first kappa shape index (κ1) is 25.3. The fourth-order valence-electron chi connectivity index (χ4n) is 2.69. The Balaban J connectivity index is 0.00000420. The van der Waals surface area contributed by atoms with Crippen molar-refractivity contribution in [2.24, 2.45) is 4.99 Å². The molecule has 1 fully saturated rings. The highest BCUT2D eigenvalue weighted by Crippen LogP contribution is 2.26. The molecular weight excluding hydrogens is 487 g/mol. The van der Waals surface area contributed by atoms with Crippen molar-refractivity contribution >= 4 is 35.8 Å². The molecule has 29 heavy (non-hydrogen) atoms. The van der Waals surface area contributed by atoms with Gasteiger partial charge in [0.05, 0.1) is 19.8 Å². The zero-order valence-corrected chi connectivity index (χ0v) is 20.0. The van der Waals surface area contributed by atoms with Crippen LogP contribution in [-0.4, -0.2) is 76.4 Å². The maximum absolute atomic E-state index is 11.9. The summed E-state index contributed by atoms with van der Waals surface area (Å²) < 4.78 is 16.9. The summed E-state index contributed by atoms with van der Waals surface area (Å²) in [6.07, 6.45) is 2.16. The molecule has 0 radical (unpaired) electrons. The number of amides is 1. The van der Waals surface area contributed by atoms with Crippen molar-refractivity contribution in [2.45, 2.75) is 32.0 Å². The lowest BCUT2D eigenvalue weighted by Crippen LogP contribution is -2.44. The molecule has 8 nitrogen and oxygen atoms in total. The molecule has 164 valence electrons. The average Bonchev–Trinajstić information content (AvgIpc) is 3.21. The van der Waals surface area contributed by atoms with E-state index in [1.807, 2.05) is 31.2 Å². The highest BCUT2D eigenvalue weighted by molar-refractivity contribution is 14.0. The summed E-state index contributed by atoms with van der Waals surface area (Å²) in [4.78, 5) is 17.8. The Morgan fingerprint density at radius 3 is 2.66 bits per heavy atom.